The van der Waals surface area contributed by atoms with E-state index in [2.05, 4.69) is 0 Å². The van der Waals surface area contributed by atoms with Crippen LogP contribution in [-0.2, 0) is 10.2 Å². The Labute approximate surface area is 109 Å². The molecule has 0 spiro atoms. The van der Waals surface area contributed by atoms with Gasteiger partial charge in [-0.3, -0.25) is 4.79 Å². The average Bonchev–Trinajstić information content (AvgIpc) is 2.77. The smallest absolute Gasteiger partial charge is 0.314 e. The molecule has 0 unspecified atom stereocenters. The summed E-state index contributed by atoms with van der Waals surface area (Å²) < 4.78 is 13.7. The molecule has 18 heavy (non-hydrogen) atoms. The zero-order chi connectivity index (χ0) is 13.5. The maximum Gasteiger partial charge on any atom is 0.314 e. The Morgan fingerprint density at radius 2 is 2.00 bits per heavy atom. The van der Waals surface area contributed by atoms with E-state index in [-0.39, 0.29) is 21.9 Å². The molecule has 2 N–H and O–H groups in total. The summed E-state index contributed by atoms with van der Waals surface area (Å²) >= 11 is 5.75. The fourth-order valence-electron chi connectivity index (χ4n) is 2.84. The summed E-state index contributed by atoms with van der Waals surface area (Å²) in [5.41, 5.74) is -0.904. The number of hydrogen-bond donors (Lipinski definition) is 2. The van der Waals surface area contributed by atoms with Crippen molar-refractivity contribution in [2.24, 2.45) is 0 Å². The molecular formula is C13H14ClFO3. The van der Waals surface area contributed by atoms with Crippen LogP contribution in [0.15, 0.2) is 6.07 Å². The second-order valence-electron chi connectivity index (χ2n) is 4.78. The van der Waals surface area contributed by atoms with Gasteiger partial charge in [0.2, 0.25) is 0 Å². The van der Waals surface area contributed by atoms with Crippen molar-refractivity contribution >= 4 is 17.6 Å². The van der Waals surface area contributed by atoms with E-state index in [1.165, 1.54) is 6.92 Å². The SMILES string of the molecule is Cc1c(F)cc(Cl)c(O)c1C1(C(=O)O)CCCC1. The number of carboxylic acid groups (broad SMARTS) is 1. The summed E-state index contributed by atoms with van der Waals surface area (Å²) in [6, 6.07) is 1.01. The standard InChI is InChI=1S/C13H14ClFO3/c1-7-9(15)6-8(14)11(16)10(7)13(12(17)18)4-2-3-5-13/h6,16H,2-5H2,1H3,(H,17,18). The van der Waals surface area contributed by atoms with Crippen molar-refractivity contribution in [2.45, 2.75) is 38.0 Å². The van der Waals surface area contributed by atoms with Crippen molar-refractivity contribution < 1.29 is 19.4 Å². The molecule has 1 aliphatic rings. The van der Waals surface area contributed by atoms with Crippen molar-refractivity contribution in [2.75, 3.05) is 0 Å². The van der Waals surface area contributed by atoms with Crippen LogP contribution in [0.3, 0.4) is 0 Å². The van der Waals surface area contributed by atoms with Crippen LogP contribution in [0.5, 0.6) is 5.75 Å². The topological polar surface area (TPSA) is 57.5 Å². The van der Waals surface area contributed by atoms with Gasteiger partial charge in [0.25, 0.3) is 0 Å². The molecule has 0 aliphatic heterocycles. The first kappa shape index (κ1) is 13.1. The summed E-state index contributed by atoms with van der Waals surface area (Å²) in [5, 5.41) is 19.3. The lowest BCUT2D eigenvalue weighted by molar-refractivity contribution is -0.143. The van der Waals surface area contributed by atoms with E-state index in [1.54, 1.807) is 0 Å². The maximum atomic E-state index is 13.7. The predicted molar refractivity (Wildman–Crippen MR) is 65.6 cm³/mol. The molecule has 0 radical (unpaired) electrons. The fraction of sp³-hybridized carbons (Fsp3) is 0.462. The van der Waals surface area contributed by atoms with Gasteiger partial charge in [0, 0.05) is 5.56 Å². The molecule has 0 heterocycles. The third-order valence-electron chi connectivity index (χ3n) is 3.79. The maximum absolute atomic E-state index is 13.7. The Hall–Kier alpha value is -1.29. The lowest BCUT2D eigenvalue weighted by atomic mass is 9.76. The van der Waals surface area contributed by atoms with Gasteiger partial charge in [0.05, 0.1) is 10.4 Å². The van der Waals surface area contributed by atoms with Crippen LogP contribution in [0.2, 0.25) is 5.02 Å². The number of benzene rings is 1. The Kier molecular flexibility index (Phi) is 3.23. The minimum Gasteiger partial charge on any atom is -0.506 e. The molecule has 0 bridgehead atoms. The lowest BCUT2D eigenvalue weighted by Gasteiger charge is -2.27. The van der Waals surface area contributed by atoms with Gasteiger partial charge in [-0.1, -0.05) is 24.4 Å². The van der Waals surface area contributed by atoms with Crippen molar-refractivity contribution in [3.8, 4) is 5.75 Å². The molecule has 1 aromatic rings. The molecule has 1 saturated carbocycles. The summed E-state index contributed by atoms with van der Waals surface area (Å²) in [6.07, 6.45) is 2.30. The van der Waals surface area contributed by atoms with Crippen LogP contribution >= 0.6 is 11.6 Å². The van der Waals surface area contributed by atoms with Gasteiger partial charge in [-0.25, -0.2) is 4.39 Å². The van der Waals surface area contributed by atoms with Crippen molar-refractivity contribution in [1.82, 2.24) is 0 Å². The van der Waals surface area contributed by atoms with Crippen LogP contribution in [0.25, 0.3) is 0 Å². The van der Waals surface area contributed by atoms with Crippen LogP contribution in [-0.4, -0.2) is 16.2 Å². The highest BCUT2D eigenvalue weighted by atomic mass is 35.5. The fourth-order valence-corrected chi connectivity index (χ4v) is 3.03. The molecule has 3 nitrogen and oxygen atoms in total. The first-order chi connectivity index (χ1) is 8.40. The van der Waals surface area contributed by atoms with Crippen LogP contribution < -0.4 is 0 Å². The average molecular weight is 273 g/mol. The Bertz CT molecular complexity index is 481. The number of carbonyl (C=O) groups is 1. The molecule has 2 rings (SSSR count). The molecule has 0 atom stereocenters. The minimum absolute atomic E-state index is 0.137. The molecule has 5 heteroatoms. The van der Waals surface area contributed by atoms with Gasteiger partial charge < -0.3 is 10.2 Å². The van der Waals surface area contributed by atoms with Crippen LogP contribution in [0, 0.1) is 12.7 Å². The van der Waals surface area contributed by atoms with E-state index in [0.717, 1.165) is 18.9 Å². The highest BCUT2D eigenvalue weighted by molar-refractivity contribution is 6.32. The molecule has 0 amide bonds. The van der Waals surface area contributed by atoms with Crippen molar-refractivity contribution in [1.29, 1.82) is 0 Å². The number of hydrogen-bond acceptors (Lipinski definition) is 2. The number of aliphatic carboxylic acids is 1. The Balaban J connectivity index is 2.73. The Morgan fingerprint density at radius 1 is 1.44 bits per heavy atom. The zero-order valence-electron chi connectivity index (χ0n) is 9.96. The second-order valence-corrected chi connectivity index (χ2v) is 5.19. The first-order valence-corrected chi connectivity index (χ1v) is 6.19. The molecule has 98 valence electrons. The van der Waals surface area contributed by atoms with E-state index in [9.17, 15) is 19.4 Å². The normalized spacial score (nSPS) is 17.9. The van der Waals surface area contributed by atoms with E-state index in [4.69, 9.17) is 11.6 Å². The van der Waals surface area contributed by atoms with E-state index in [0.29, 0.717) is 12.8 Å². The summed E-state index contributed by atoms with van der Waals surface area (Å²) in [7, 11) is 0. The number of carboxylic acids is 1. The second kappa shape index (κ2) is 4.43. The van der Waals surface area contributed by atoms with Gasteiger partial charge in [-0.05, 0) is 31.4 Å². The third-order valence-corrected chi connectivity index (χ3v) is 4.08. The quantitative estimate of drug-likeness (QED) is 0.868. The highest BCUT2D eigenvalue weighted by Gasteiger charge is 2.46. The molecule has 1 fully saturated rings. The van der Waals surface area contributed by atoms with Crippen LogP contribution in [0.4, 0.5) is 4.39 Å². The van der Waals surface area contributed by atoms with Crippen LogP contribution in [0.1, 0.15) is 36.8 Å². The molecule has 0 aromatic heterocycles. The number of phenols is 1. The number of phenolic OH excluding ortho intramolecular Hbond substituents is 1. The van der Waals surface area contributed by atoms with Gasteiger partial charge in [-0.2, -0.15) is 0 Å². The van der Waals surface area contributed by atoms with E-state index in [1.807, 2.05) is 0 Å². The largest absolute Gasteiger partial charge is 0.506 e. The Morgan fingerprint density at radius 3 is 2.50 bits per heavy atom. The van der Waals surface area contributed by atoms with Gasteiger partial charge >= 0.3 is 5.97 Å². The number of aromatic hydroxyl groups is 1. The van der Waals surface area contributed by atoms with Gasteiger partial charge in [0.1, 0.15) is 11.6 Å². The minimum atomic E-state index is -1.21. The van der Waals surface area contributed by atoms with Gasteiger partial charge in [0.15, 0.2) is 0 Å². The van der Waals surface area contributed by atoms with E-state index >= 15 is 0 Å². The molecular weight excluding hydrogens is 259 g/mol. The van der Waals surface area contributed by atoms with Crippen molar-refractivity contribution in [3.05, 3.63) is 28.0 Å². The monoisotopic (exact) mass is 272 g/mol. The lowest BCUT2D eigenvalue weighted by Crippen LogP contribution is -2.33. The third kappa shape index (κ3) is 1.75. The van der Waals surface area contributed by atoms with E-state index < -0.39 is 17.2 Å². The first-order valence-electron chi connectivity index (χ1n) is 5.81. The highest BCUT2D eigenvalue weighted by Crippen LogP contribution is 2.48. The molecule has 1 aliphatic carbocycles. The van der Waals surface area contributed by atoms with Gasteiger partial charge in [-0.15, -0.1) is 0 Å². The molecule has 1 aromatic carbocycles. The number of rotatable bonds is 2. The summed E-state index contributed by atoms with van der Waals surface area (Å²) in [4.78, 5) is 11.6. The molecule has 0 saturated heterocycles. The summed E-state index contributed by atoms with van der Waals surface area (Å²) in [5.74, 6) is -1.92. The predicted octanol–water partition coefficient (Wildman–Crippen LogP) is 3.39. The summed E-state index contributed by atoms with van der Waals surface area (Å²) in [6.45, 7) is 1.48. The number of halogens is 2. The van der Waals surface area contributed by atoms with Crippen molar-refractivity contribution in [3.63, 3.8) is 0 Å². The zero-order valence-corrected chi connectivity index (χ0v) is 10.7.